The maximum Gasteiger partial charge on any atom is 0.345 e. The zero-order chi connectivity index (χ0) is 21.5. The molecule has 2 aromatic carbocycles. The van der Waals surface area contributed by atoms with Gasteiger partial charge in [0.25, 0.3) is 5.91 Å². The summed E-state index contributed by atoms with van der Waals surface area (Å²) in [5, 5.41) is 1.25. The first-order valence-electron chi connectivity index (χ1n) is 10.3. The topological polar surface area (TPSA) is 67.9 Å². The zero-order valence-corrected chi connectivity index (χ0v) is 17.5. The van der Waals surface area contributed by atoms with Gasteiger partial charge >= 0.3 is 5.63 Å². The highest BCUT2D eigenvalue weighted by atomic mass is 16.5. The maximum absolute atomic E-state index is 13.3. The van der Waals surface area contributed by atoms with Gasteiger partial charge in [0.1, 0.15) is 17.0 Å². The minimum absolute atomic E-state index is 0.0816. The van der Waals surface area contributed by atoms with Crippen LogP contribution >= 0.6 is 0 Å². The van der Waals surface area contributed by atoms with Gasteiger partial charge in [0.2, 0.25) is 0 Å². The Morgan fingerprint density at radius 2 is 1.68 bits per heavy atom. The van der Waals surface area contributed by atoms with E-state index < -0.39 is 5.63 Å². The summed E-state index contributed by atoms with van der Waals surface area (Å²) in [4.78, 5) is 29.9. The number of nitrogens with zero attached hydrogens (tertiary/aromatic N) is 3. The molecule has 0 saturated carbocycles. The first-order chi connectivity index (χ1) is 15.1. The van der Waals surface area contributed by atoms with Gasteiger partial charge in [0, 0.05) is 38.6 Å². The molecule has 1 fully saturated rings. The van der Waals surface area contributed by atoms with Crippen LogP contribution < -0.4 is 15.3 Å². The Labute approximate surface area is 179 Å². The quantitative estimate of drug-likeness (QED) is 0.479. The van der Waals surface area contributed by atoms with Gasteiger partial charge in [-0.05, 0) is 30.3 Å². The van der Waals surface area contributed by atoms with E-state index >= 15 is 0 Å². The molecule has 0 atom stereocenters. The predicted octanol–water partition coefficient (Wildman–Crippen LogP) is 3.26. The Morgan fingerprint density at radius 3 is 2.45 bits per heavy atom. The van der Waals surface area contributed by atoms with E-state index in [1.165, 1.54) is 0 Å². The minimum atomic E-state index is -0.427. The van der Waals surface area contributed by atoms with Crippen molar-refractivity contribution in [3.8, 4) is 5.75 Å². The van der Waals surface area contributed by atoms with Gasteiger partial charge in [-0.1, -0.05) is 24.3 Å². The van der Waals surface area contributed by atoms with Crippen molar-refractivity contribution in [2.45, 2.75) is 0 Å². The van der Waals surface area contributed by atoms with Crippen LogP contribution in [0.4, 0.5) is 5.69 Å². The van der Waals surface area contributed by atoms with Crippen LogP contribution in [0.2, 0.25) is 0 Å². The van der Waals surface area contributed by atoms with Crippen LogP contribution in [0.1, 0.15) is 10.5 Å². The van der Waals surface area contributed by atoms with Gasteiger partial charge in [-0.15, -0.1) is 0 Å². The van der Waals surface area contributed by atoms with Crippen LogP contribution in [0.15, 0.2) is 63.8 Å². The number of benzene rings is 2. The molecule has 0 bridgehead atoms. The number of hydrogen-bond acceptors (Lipinski definition) is 5. The Morgan fingerprint density at radius 1 is 0.968 bits per heavy atom. The number of para-hydroxylation sites is 3. The molecule has 0 radical (unpaired) electrons. The van der Waals surface area contributed by atoms with Crippen LogP contribution in [0.5, 0.6) is 5.75 Å². The third-order valence-electron chi connectivity index (χ3n) is 6.01. The Balaban J connectivity index is 1.44. The predicted molar refractivity (Wildman–Crippen MR) is 120 cm³/mol. The summed E-state index contributed by atoms with van der Waals surface area (Å²) in [6.07, 6.45) is 0. The summed E-state index contributed by atoms with van der Waals surface area (Å²) in [5.41, 5.74) is 2.34. The maximum atomic E-state index is 13.3. The number of rotatable bonds is 3. The number of anilines is 1. The zero-order valence-electron chi connectivity index (χ0n) is 17.5. The number of amides is 1. The van der Waals surface area contributed by atoms with Crippen LogP contribution in [0.25, 0.3) is 21.9 Å². The van der Waals surface area contributed by atoms with Crippen LogP contribution in [-0.4, -0.2) is 48.7 Å². The minimum Gasteiger partial charge on any atom is -0.495 e. The molecule has 5 rings (SSSR count). The SMILES string of the molecule is COc1ccccc1N1CCN(C(=O)c2cc3c(=O)oc4ccccc4c3n2C)CC1. The van der Waals surface area contributed by atoms with Crippen molar-refractivity contribution in [3.05, 3.63) is 70.7 Å². The molecule has 7 nitrogen and oxygen atoms in total. The van der Waals surface area contributed by atoms with E-state index in [1.807, 2.05) is 59.0 Å². The molecule has 7 heteroatoms. The normalized spacial score (nSPS) is 14.4. The first-order valence-corrected chi connectivity index (χ1v) is 10.3. The summed E-state index contributed by atoms with van der Waals surface area (Å²) in [7, 11) is 3.49. The summed E-state index contributed by atoms with van der Waals surface area (Å²) in [6.45, 7) is 2.60. The molecule has 0 N–H and O–H groups in total. The van der Waals surface area contributed by atoms with Crippen LogP contribution in [-0.2, 0) is 7.05 Å². The Kier molecular flexibility index (Phi) is 4.66. The molecular weight excluding hydrogens is 394 g/mol. The lowest BCUT2D eigenvalue weighted by Crippen LogP contribution is -2.49. The number of methoxy groups -OCH3 is 1. The van der Waals surface area contributed by atoms with Crippen molar-refractivity contribution in [1.82, 2.24) is 9.47 Å². The second-order valence-corrected chi connectivity index (χ2v) is 7.69. The highest BCUT2D eigenvalue weighted by molar-refractivity contribution is 6.07. The van der Waals surface area contributed by atoms with E-state index in [2.05, 4.69) is 4.90 Å². The van der Waals surface area contributed by atoms with Crippen LogP contribution in [0.3, 0.4) is 0 Å². The third-order valence-corrected chi connectivity index (χ3v) is 6.01. The fourth-order valence-corrected chi connectivity index (χ4v) is 4.40. The number of aromatic nitrogens is 1. The van der Waals surface area contributed by atoms with E-state index in [0.29, 0.717) is 42.8 Å². The average molecular weight is 417 g/mol. The second-order valence-electron chi connectivity index (χ2n) is 7.69. The number of hydrogen-bond donors (Lipinski definition) is 0. The highest BCUT2D eigenvalue weighted by Crippen LogP contribution is 2.29. The average Bonchev–Trinajstić information content (AvgIpc) is 3.17. The molecule has 0 spiro atoms. The standard InChI is InChI=1S/C24H23N3O4/c1-25-19(15-17-22(25)16-7-3-5-9-20(16)31-24(17)29)23(28)27-13-11-26(12-14-27)18-8-4-6-10-21(18)30-2/h3-10,15H,11-14H2,1-2H3. The van der Waals surface area contributed by atoms with Crippen LogP contribution in [0, 0.1) is 0 Å². The summed E-state index contributed by atoms with van der Waals surface area (Å²) in [5.74, 6) is 0.747. The highest BCUT2D eigenvalue weighted by Gasteiger charge is 2.27. The lowest BCUT2D eigenvalue weighted by atomic mass is 10.2. The van der Waals surface area contributed by atoms with Crippen molar-refractivity contribution in [2.75, 3.05) is 38.2 Å². The van der Waals surface area contributed by atoms with E-state index in [4.69, 9.17) is 9.15 Å². The second kappa shape index (κ2) is 7.50. The van der Waals surface area contributed by atoms with E-state index in [1.54, 1.807) is 19.2 Å². The van der Waals surface area contributed by atoms with Crippen molar-refractivity contribution >= 4 is 33.5 Å². The molecule has 2 aromatic heterocycles. The van der Waals surface area contributed by atoms with E-state index in [0.717, 1.165) is 22.3 Å². The van der Waals surface area contributed by atoms with Crippen molar-refractivity contribution in [2.24, 2.45) is 7.05 Å². The number of carbonyl (C=O) groups excluding carboxylic acids is 1. The lowest BCUT2D eigenvalue weighted by molar-refractivity contribution is 0.0737. The molecule has 0 aliphatic carbocycles. The van der Waals surface area contributed by atoms with Gasteiger partial charge < -0.3 is 23.5 Å². The largest absolute Gasteiger partial charge is 0.495 e. The molecular formula is C24H23N3O4. The van der Waals surface area contributed by atoms with Crippen molar-refractivity contribution < 1.29 is 13.9 Å². The van der Waals surface area contributed by atoms with Gasteiger partial charge in [-0.2, -0.15) is 0 Å². The van der Waals surface area contributed by atoms with Gasteiger partial charge in [-0.25, -0.2) is 4.79 Å². The monoisotopic (exact) mass is 417 g/mol. The first kappa shape index (κ1) is 19.2. The van der Waals surface area contributed by atoms with Gasteiger partial charge in [0.05, 0.1) is 23.7 Å². The smallest absolute Gasteiger partial charge is 0.345 e. The summed E-state index contributed by atoms with van der Waals surface area (Å²) >= 11 is 0. The Bertz CT molecular complexity index is 1350. The van der Waals surface area contributed by atoms with E-state index in [9.17, 15) is 9.59 Å². The number of fused-ring (bicyclic) bond motifs is 3. The Hall–Kier alpha value is -3.74. The number of carbonyl (C=O) groups is 1. The molecule has 31 heavy (non-hydrogen) atoms. The summed E-state index contributed by atoms with van der Waals surface area (Å²) in [6, 6.07) is 17.0. The third kappa shape index (κ3) is 3.13. The van der Waals surface area contributed by atoms with E-state index in [-0.39, 0.29) is 5.91 Å². The van der Waals surface area contributed by atoms with Gasteiger partial charge in [-0.3, -0.25) is 4.79 Å². The molecule has 4 aromatic rings. The molecule has 1 aliphatic rings. The number of aryl methyl sites for hydroxylation is 1. The molecule has 0 unspecified atom stereocenters. The lowest BCUT2D eigenvalue weighted by Gasteiger charge is -2.36. The fourth-order valence-electron chi connectivity index (χ4n) is 4.40. The number of ether oxygens (including phenoxy) is 1. The fraction of sp³-hybridized carbons (Fsp3) is 0.250. The van der Waals surface area contributed by atoms with Gasteiger partial charge in [0.15, 0.2) is 0 Å². The van der Waals surface area contributed by atoms with Crippen molar-refractivity contribution in [1.29, 1.82) is 0 Å². The number of piperazine rings is 1. The molecule has 1 saturated heterocycles. The molecule has 1 aliphatic heterocycles. The molecule has 1 amide bonds. The molecule has 3 heterocycles. The van der Waals surface area contributed by atoms with Crippen molar-refractivity contribution in [3.63, 3.8) is 0 Å². The molecule has 158 valence electrons. The summed E-state index contributed by atoms with van der Waals surface area (Å²) < 4.78 is 12.7.